The first kappa shape index (κ1) is 10.6. The van der Waals surface area contributed by atoms with E-state index in [4.69, 9.17) is 5.11 Å². The van der Waals surface area contributed by atoms with Crippen LogP contribution in [0, 0.1) is 0 Å². The molecule has 0 spiro atoms. The van der Waals surface area contributed by atoms with Gasteiger partial charge in [0.15, 0.2) is 5.57 Å². The minimum atomic E-state index is -1.31. The van der Waals surface area contributed by atoms with Crippen molar-refractivity contribution in [1.29, 1.82) is 0 Å². The SMILES string of the molecule is CC(C)(C)N=CC(=C=O)C(=O)O. The molecule has 0 saturated carbocycles. The summed E-state index contributed by atoms with van der Waals surface area (Å²) in [7, 11) is 0. The Kier molecular flexibility index (Phi) is 3.38. The number of carboxylic acids is 1. The van der Waals surface area contributed by atoms with Crippen molar-refractivity contribution in [2.24, 2.45) is 4.99 Å². The molecule has 0 bridgehead atoms. The van der Waals surface area contributed by atoms with Crippen molar-refractivity contribution in [2.45, 2.75) is 26.3 Å². The summed E-state index contributed by atoms with van der Waals surface area (Å²) in [5.41, 5.74) is -0.831. The summed E-state index contributed by atoms with van der Waals surface area (Å²) in [5.74, 6) is -0.0155. The normalized spacial score (nSPS) is 11.2. The highest BCUT2D eigenvalue weighted by Crippen LogP contribution is 2.05. The van der Waals surface area contributed by atoms with E-state index in [9.17, 15) is 9.59 Å². The van der Waals surface area contributed by atoms with E-state index in [0.29, 0.717) is 0 Å². The van der Waals surface area contributed by atoms with Crippen LogP contribution >= 0.6 is 0 Å². The molecule has 0 aliphatic carbocycles. The Balaban J connectivity index is 4.55. The standard InChI is InChI=1S/C8H11NO3/c1-8(2,3)9-4-6(5-10)7(11)12/h4H,1-3H3,(H,11,12). The summed E-state index contributed by atoms with van der Waals surface area (Å²) in [6.45, 7) is 5.40. The quantitative estimate of drug-likeness (QED) is 0.376. The average Bonchev–Trinajstić information content (AvgIpc) is 1.85. The van der Waals surface area contributed by atoms with Crippen molar-refractivity contribution < 1.29 is 14.7 Å². The highest BCUT2D eigenvalue weighted by Gasteiger charge is 2.09. The lowest BCUT2D eigenvalue weighted by Crippen LogP contribution is -2.12. The number of aliphatic carboxylic acids is 1. The zero-order chi connectivity index (χ0) is 9.78. The fourth-order valence-electron chi connectivity index (χ4n) is 0.383. The van der Waals surface area contributed by atoms with Crippen LogP contribution in [0.5, 0.6) is 0 Å². The van der Waals surface area contributed by atoms with Gasteiger partial charge in [-0.1, -0.05) is 0 Å². The Morgan fingerprint density at radius 1 is 1.50 bits per heavy atom. The van der Waals surface area contributed by atoms with Gasteiger partial charge in [-0.05, 0) is 20.8 Å². The zero-order valence-electron chi connectivity index (χ0n) is 7.29. The largest absolute Gasteiger partial charge is 0.477 e. The molecule has 0 unspecified atom stereocenters. The first-order chi connectivity index (χ1) is 5.37. The van der Waals surface area contributed by atoms with Gasteiger partial charge in [-0.15, -0.1) is 0 Å². The summed E-state index contributed by atoms with van der Waals surface area (Å²) in [6.07, 6.45) is 1.02. The van der Waals surface area contributed by atoms with Crippen molar-refractivity contribution in [3.05, 3.63) is 5.57 Å². The lowest BCUT2D eigenvalue weighted by molar-refractivity contribution is -0.131. The highest BCUT2D eigenvalue weighted by atomic mass is 16.4. The van der Waals surface area contributed by atoms with E-state index in [1.165, 1.54) is 5.94 Å². The Morgan fingerprint density at radius 2 is 2.00 bits per heavy atom. The number of carboxylic acid groups (broad SMARTS) is 1. The second kappa shape index (κ2) is 3.83. The molecule has 0 aliphatic rings. The van der Waals surface area contributed by atoms with E-state index < -0.39 is 11.5 Å². The number of nitrogens with zero attached hydrogens (tertiary/aromatic N) is 1. The van der Waals surface area contributed by atoms with E-state index in [1.807, 2.05) is 0 Å². The van der Waals surface area contributed by atoms with Gasteiger partial charge in [0.2, 0.25) is 0 Å². The van der Waals surface area contributed by atoms with Crippen LogP contribution in [0.15, 0.2) is 10.6 Å². The van der Waals surface area contributed by atoms with E-state index in [2.05, 4.69) is 4.99 Å². The maximum Gasteiger partial charge on any atom is 0.348 e. The minimum Gasteiger partial charge on any atom is -0.477 e. The maximum atomic E-state index is 10.3. The van der Waals surface area contributed by atoms with Crippen LogP contribution in [0.1, 0.15) is 20.8 Å². The first-order valence-corrected chi connectivity index (χ1v) is 3.40. The van der Waals surface area contributed by atoms with Crippen LogP contribution < -0.4 is 0 Å². The summed E-state index contributed by atoms with van der Waals surface area (Å²) >= 11 is 0. The van der Waals surface area contributed by atoms with Crippen molar-refractivity contribution in [3.8, 4) is 0 Å². The van der Waals surface area contributed by atoms with Crippen LogP contribution in [0.4, 0.5) is 0 Å². The zero-order valence-corrected chi connectivity index (χ0v) is 7.29. The summed E-state index contributed by atoms with van der Waals surface area (Å²) < 4.78 is 0. The number of aliphatic imine (C=N–C) groups is 1. The van der Waals surface area contributed by atoms with Crippen molar-refractivity contribution in [2.75, 3.05) is 0 Å². The monoisotopic (exact) mass is 169 g/mol. The molecule has 0 saturated heterocycles. The Hall–Kier alpha value is -1.41. The first-order valence-electron chi connectivity index (χ1n) is 3.40. The number of hydrogen-bond acceptors (Lipinski definition) is 3. The van der Waals surface area contributed by atoms with Crippen LogP contribution in [0.2, 0.25) is 0 Å². The van der Waals surface area contributed by atoms with Crippen LogP contribution in [-0.2, 0) is 9.59 Å². The lowest BCUT2D eigenvalue weighted by Gasteiger charge is -2.09. The van der Waals surface area contributed by atoms with Crippen LogP contribution in [0.25, 0.3) is 0 Å². The Bertz CT molecular complexity index is 254. The molecule has 0 radical (unpaired) electrons. The topological polar surface area (TPSA) is 66.7 Å². The lowest BCUT2D eigenvalue weighted by atomic mass is 10.1. The van der Waals surface area contributed by atoms with E-state index in [1.54, 1.807) is 20.8 Å². The van der Waals surface area contributed by atoms with Gasteiger partial charge in [0.05, 0.1) is 5.54 Å². The van der Waals surface area contributed by atoms with Gasteiger partial charge in [0.25, 0.3) is 0 Å². The molecule has 66 valence electrons. The molecule has 12 heavy (non-hydrogen) atoms. The van der Waals surface area contributed by atoms with Crippen molar-refractivity contribution in [3.63, 3.8) is 0 Å². The molecule has 0 aliphatic heterocycles. The molecule has 0 heterocycles. The number of carbonyl (C=O) groups excluding carboxylic acids is 1. The predicted molar refractivity (Wildman–Crippen MR) is 45.1 cm³/mol. The van der Waals surface area contributed by atoms with Gasteiger partial charge < -0.3 is 5.11 Å². The summed E-state index contributed by atoms with van der Waals surface area (Å²) in [4.78, 5) is 24.1. The fraction of sp³-hybridized carbons (Fsp3) is 0.500. The molecule has 0 amide bonds. The van der Waals surface area contributed by atoms with E-state index >= 15 is 0 Å². The third-order valence-corrected chi connectivity index (χ3v) is 0.921. The highest BCUT2D eigenvalue weighted by molar-refractivity contribution is 6.15. The number of rotatable bonds is 2. The van der Waals surface area contributed by atoms with Crippen LogP contribution in [0.3, 0.4) is 0 Å². The molecule has 4 nitrogen and oxygen atoms in total. The Labute approximate surface area is 70.6 Å². The molecule has 0 aromatic heterocycles. The smallest absolute Gasteiger partial charge is 0.348 e. The molecule has 4 heteroatoms. The van der Waals surface area contributed by atoms with Gasteiger partial charge >= 0.3 is 5.97 Å². The van der Waals surface area contributed by atoms with Gasteiger partial charge in [-0.25, -0.2) is 9.59 Å². The molecule has 0 fully saturated rings. The molecule has 0 atom stereocenters. The van der Waals surface area contributed by atoms with Gasteiger partial charge in [-0.2, -0.15) is 0 Å². The van der Waals surface area contributed by atoms with Gasteiger partial charge in [0, 0.05) is 6.21 Å². The summed E-state index contributed by atoms with van der Waals surface area (Å²) in [6, 6.07) is 0. The third kappa shape index (κ3) is 4.41. The minimum absolute atomic E-state index is 0.377. The van der Waals surface area contributed by atoms with Crippen molar-refractivity contribution >= 4 is 18.1 Å². The molecular weight excluding hydrogens is 158 g/mol. The van der Waals surface area contributed by atoms with Gasteiger partial charge in [0.1, 0.15) is 5.94 Å². The molecular formula is C8H11NO3. The Morgan fingerprint density at radius 3 is 2.25 bits per heavy atom. The number of hydrogen-bond donors (Lipinski definition) is 1. The molecule has 0 aromatic carbocycles. The average molecular weight is 169 g/mol. The number of carbonyl (C=O) groups is 1. The maximum absolute atomic E-state index is 10.3. The predicted octanol–water partition coefficient (Wildman–Crippen LogP) is 0.698. The molecule has 0 rings (SSSR count). The van der Waals surface area contributed by atoms with E-state index in [-0.39, 0.29) is 5.54 Å². The molecule has 0 aromatic rings. The van der Waals surface area contributed by atoms with Crippen molar-refractivity contribution in [1.82, 2.24) is 0 Å². The fourth-order valence-corrected chi connectivity index (χ4v) is 0.383. The van der Waals surface area contributed by atoms with E-state index in [0.717, 1.165) is 6.21 Å². The van der Waals surface area contributed by atoms with Crippen LogP contribution in [-0.4, -0.2) is 28.8 Å². The second-order valence-corrected chi connectivity index (χ2v) is 3.25. The van der Waals surface area contributed by atoms with Gasteiger partial charge in [-0.3, -0.25) is 4.99 Å². The third-order valence-electron chi connectivity index (χ3n) is 0.921. The summed E-state index contributed by atoms with van der Waals surface area (Å²) in [5, 5.41) is 8.38. The molecule has 1 N–H and O–H groups in total. The second-order valence-electron chi connectivity index (χ2n) is 3.25.